The number of aliphatic hydroxyl groups excluding tert-OH is 1. The fraction of sp³-hybridized carbons (Fsp3) is 0.500. The first-order valence-electron chi connectivity index (χ1n) is 6.93. The van der Waals surface area contributed by atoms with Crippen molar-refractivity contribution in [1.29, 1.82) is 0 Å². The van der Waals surface area contributed by atoms with Crippen molar-refractivity contribution in [2.75, 3.05) is 19.7 Å². The molecular weight excluding hydrogens is 238 g/mol. The number of ether oxygens (including phenoxy) is 1. The van der Waals surface area contributed by atoms with Gasteiger partial charge in [0.2, 0.25) is 0 Å². The third-order valence-corrected chi connectivity index (χ3v) is 3.49. The molecule has 0 bridgehead atoms. The van der Waals surface area contributed by atoms with Crippen LogP contribution in [0.15, 0.2) is 36.4 Å². The van der Waals surface area contributed by atoms with Crippen LogP contribution >= 0.6 is 0 Å². The molecule has 2 unspecified atom stereocenters. The molecule has 19 heavy (non-hydrogen) atoms. The van der Waals surface area contributed by atoms with Gasteiger partial charge in [-0.3, -0.25) is 0 Å². The van der Waals surface area contributed by atoms with Gasteiger partial charge in [0.15, 0.2) is 0 Å². The Kier molecular flexibility index (Phi) is 5.00. The molecule has 1 saturated heterocycles. The van der Waals surface area contributed by atoms with Crippen molar-refractivity contribution < 1.29 is 9.84 Å². The fourth-order valence-electron chi connectivity index (χ4n) is 2.39. The van der Waals surface area contributed by atoms with E-state index in [1.165, 1.54) is 0 Å². The Morgan fingerprint density at radius 2 is 2.21 bits per heavy atom. The molecule has 2 N–H and O–H groups in total. The average Bonchev–Trinajstić information content (AvgIpc) is 2.46. The van der Waals surface area contributed by atoms with E-state index in [1.807, 2.05) is 31.2 Å². The third-order valence-electron chi connectivity index (χ3n) is 3.49. The van der Waals surface area contributed by atoms with Gasteiger partial charge in [0, 0.05) is 12.5 Å². The Morgan fingerprint density at radius 1 is 1.47 bits per heavy atom. The minimum absolute atomic E-state index is 0.316. The lowest BCUT2D eigenvalue weighted by molar-refractivity contribution is 0.0921. The monoisotopic (exact) mass is 261 g/mol. The highest BCUT2D eigenvalue weighted by atomic mass is 16.5. The molecule has 1 aromatic rings. The van der Waals surface area contributed by atoms with Gasteiger partial charge in [-0.15, -0.1) is 0 Å². The van der Waals surface area contributed by atoms with Crippen molar-refractivity contribution in [3.05, 3.63) is 42.0 Å². The zero-order chi connectivity index (χ0) is 13.7. The summed E-state index contributed by atoms with van der Waals surface area (Å²) in [6, 6.07) is 7.73. The molecule has 1 aromatic carbocycles. The molecule has 0 aromatic heterocycles. The van der Waals surface area contributed by atoms with Gasteiger partial charge in [0.1, 0.15) is 12.4 Å². The first-order chi connectivity index (χ1) is 9.16. The van der Waals surface area contributed by atoms with Gasteiger partial charge in [-0.2, -0.15) is 0 Å². The SMILES string of the molecule is C=C(C)COc1ccc(C(O)C2CCCNC2)cc1. The summed E-state index contributed by atoms with van der Waals surface area (Å²) in [5.74, 6) is 1.14. The summed E-state index contributed by atoms with van der Waals surface area (Å²) in [5, 5.41) is 13.7. The van der Waals surface area contributed by atoms with Crippen molar-refractivity contribution in [3.8, 4) is 5.75 Å². The second kappa shape index (κ2) is 6.73. The Morgan fingerprint density at radius 3 is 2.79 bits per heavy atom. The number of aliphatic hydroxyl groups is 1. The number of hydrogen-bond donors (Lipinski definition) is 2. The molecule has 0 radical (unpaired) electrons. The van der Waals surface area contributed by atoms with E-state index in [0.29, 0.717) is 12.5 Å². The number of benzene rings is 1. The second-order valence-electron chi connectivity index (χ2n) is 5.37. The molecule has 0 amide bonds. The summed E-state index contributed by atoms with van der Waals surface area (Å²) in [4.78, 5) is 0. The lowest BCUT2D eigenvalue weighted by Crippen LogP contribution is -2.33. The van der Waals surface area contributed by atoms with Crippen LogP contribution in [-0.4, -0.2) is 24.8 Å². The number of rotatable bonds is 5. The number of piperidine rings is 1. The highest BCUT2D eigenvalue weighted by molar-refractivity contribution is 5.29. The fourth-order valence-corrected chi connectivity index (χ4v) is 2.39. The van der Waals surface area contributed by atoms with Crippen LogP contribution in [0, 0.1) is 5.92 Å². The minimum Gasteiger partial charge on any atom is -0.489 e. The van der Waals surface area contributed by atoms with Crippen LogP contribution < -0.4 is 10.1 Å². The maximum absolute atomic E-state index is 10.4. The molecular formula is C16H23NO2. The molecule has 2 rings (SSSR count). The predicted octanol–water partition coefficient (Wildman–Crippen LogP) is 2.67. The van der Waals surface area contributed by atoms with Crippen molar-refractivity contribution in [3.63, 3.8) is 0 Å². The van der Waals surface area contributed by atoms with E-state index in [2.05, 4.69) is 11.9 Å². The Labute approximate surface area is 115 Å². The molecule has 1 fully saturated rings. The van der Waals surface area contributed by atoms with Gasteiger partial charge in [-0.25, -0.2) is 0 Å². The van der Waals surface area contributed by atoms with Crippen LogP contribution in [0.3, 0.4) is 0 Å². The zero-order valence-corrected chi connectivity index (χ0v) is 11.6. The maximum Gasteiger partial charge on any atom is 0.119 e. The van der Waals surface area contributed by atoms with E-state index in [9.17, 15) is 5.11 Å². The number of hydrogen-bond acceptors (Lipinski definition) is 3. The predicted molar refractivity (Wildman–Crippen MR) is 77.3 cm³/mol. The standard InChI is InChI=1S/C16H23NO2/c1-12(2)11-19-15-7-5-13(6-8-15)16(18)14-4-3-9-17-10-14/h5-8,14,16-18H,1,3-4,9-11H2,2H3. The van der Waals surface area contributed by atoms with E-state index < -0.39 is 0 Å². The van der Waals surface area contributed by atoms with Gasteiger partial charge in [0.05, 0.1) is 6.10 Å². The van der Waals surface area contributed by atoms with Crippen LogP contribution in [0.5, 0.6) is 5.75 Å². The molecule has 104 valence electrons. The topological polar surface area (TPSA) is 41.5 Å². The van der Waals surface area contributed by atoms with Crippen LogP contribution in [0.1, 0.15) is 31.4 Å². The molecule has 0 spiro atoms. The van der Waals surface area contributed by atoms with Crippen molar-refractivity contribution in [2.24, 2.45) is 5.92 Å². The zero-order valence-electron chi connectivity index (χ0n) is 11.6. The first-order valence-corrected chi connectivity index (χ1v) is 6.93. The van der Waals surface area contributed by atoms with Crippen molar-refractivity contribution >= 4 is 0 Å². The lowest BCUT2D eigenvalue weighted by atomic mass is 9.89. The third kappa shape index (κ3) is 4.08. The summed E-state index contributed by atoms with van der Waals surface area (Å²) in [7, 11) is 0. The molecule has 3 heteroatoms. The molecule has 0 saturated carbocycles. The molecule has 2 atom stereocenters. The molecule has 0 aliphatic carbocycles. The molecule has 1 aliphatic rings. The summed E-state index contributed by atoms with van der Waals surface area (Å²) in [6.07, 6.45) is 1.84. The smallest absolute Gasteiger partial charge is 0.119 e. The van der Waals surface area contributed by atoms with E-state index in [1.54, 1.807) is 0 Å². The van der Waals surface area contributed by atoms with Gasteiger partial charge in [-0.1, -0.05) is 18.7 Å². The Hall–Kier alpha value is -1.32. The first kappa shape index (κ1) is 14.1. The molecule has 1 aliphatic heterocycles. The summed E-state index contributed by atoms with van der Waals surface area (Å²) >= 11 is 0. The van der Waals surface area contributed by atoms with E-state index in [4.69, 9.17) is 4.74 Å². The average molecular weight is 261 g/mol. The van der Waals surface area contributed by atoms with Crippen molar-refractivity contribution in [1.82, 2.24) is 5.32 Å². The van der Waals surface area contributed by atoms with E-state index in [0.717, 1.165) is 42.8 Å². The van der Waals surface area contributed by atoms with Crippen LogP contribution in [0.4, 0.5) is 0 Å². The van der Waals surface area contributed by atoms with Crippen LogP contribution in [0.2, 0.25) is 0 Å². The Balaban J connectivity index is 1.94. The largest absolute Gasteiger partial charge is 0.489 e. The number of nitrogens with one attached hydrogen (secondary N) is 1. The van der Waals surface area contributed by atoms with Gasteiger partial charge >= 0.3 is 0 Å². The minimum atomic E-state index is -0.386. The summed E-state index contributed by atoms with van der Waals surface area (Å²) in [6.45, 7) is 8.24. The lowest BCUT2D eigenvalue weighted by Gasteiger charge is -2.27. The highest BCUT2D eigenvalue weighted by Gasteiger charge is 2.22. The summed E-state index contributed by atoms with van der Waals surface area (Å²) in [5.41, 5.74) is 1.97. The van der Waals surface area contributed by atoms with Crippen LogP contribution in [-0.2, 0) is 0 Å². The van der Waals surface area contributed by atoms with Gasteiger partial charge in [0.25, 0.3) is 0 Å². The van der Waals surface area contributed by atoms with Crippen LogP contribution in [0.25, 0.3) is 0 Å². The van der Waals surface area contributed by atoms with E-state index in [-0.39, 0.29) is 6.10 Å². The second-order valence-corrected chi connectivity index (χ2v) is 5.37. The van der Waals surface area contributed by atoms with E-state index >= 15 is 0 Å². The van der Waals surface area contributed by atoms with Gasteiger partial charge in [-0.05, 0) is 49.6 Å². The maximum atomic E-state index is 10.4. The van der Waals surface area contributed by atoms with Gasteiger partial charge < -0.3 is 15.2 Å². The quantitative estimate of drug-likeness (QED) is 0.801. The highest BCUT2D eigenvalue weighted by Crippen LogP contribution is 2.28. The van der Waals surface area contributed by atoms with Crippen molar-refractivity contribution in [2.45, 2.75) is 25.9 Å². The molecule has 1 heterocycles. The summed E-state index contributed by atoms with van der Waals surface area (Å²) < 4.78 is 5.55. The Bertz CT molecular complexity index is 407. The normalized spacial score (nSPS) is 20.8. The molecule has 3 nitrogen and oxygen atoms in total.